The predicted octanol–water partition coefficient (Wildman–Crippen LogP) is 3.31. The van der Waals surface area contributed by atoms with Crippen LogP contribution in [-0.2, 0) is 24.8 Å². The average molecular weight is 644 g/mol. The van der Waals surface area contributed by atoms with E-state index in [0.29, 0.717) is 19.4 Å². The Morgan fingerprint density at radius 2 is 1.79 bits per heavy atom. The van der Waals surface area contributed by atoms with Crippen molar-refractivity contribution in [2.45, 2.75) is 63.2 Å². The highest BCUT2D eigenvalue weighted by Crippen LogP contribution is 2.29. The van der Waals surface area contributed by atoms with E-state index in [2.05, 4.69) is 4.72 Å². The highest BCUT2D eigenvalue weighted by molar-refractivity contribution is 7.92. The molecule has 2 aromatic carbocycles. The summed E-state index contributed by atoms with van der Waals surface area (Å²) in [5, 5.41) is 10.1. The van der Waals surface area contributed by atoms with Crippen molar-refractivity contribution in [3.8, 4) is 5.75 Å². The highest BCUT2D eigenvalue weighted by atomic mass is 32.2. The fourth-order valence-corrected chi connectivity index (χ4v) is 6.54. The summed E-state index contributed by atoms with van der Waals surface area (Å²) >= 11 is 0. The van der Waals surface area contributed by atoms with Crippen LogP contribution in [0, 0.1) is 11.7 Å². The molecule has 0 radical (unpaired) electrons. The first-order valence-corrected chi connectivity index (χ1v) is 17.5. The standard InChI is InChI=1S/C29H42FN3O8S2/c1-20-17-33(21(2)19-34)29(35)26-16-24(31-42(5,36)37)11-14-27(26)41-22(3)8-6-7-15-40-28(20)18-32(4)43(38,39)25-12-9-23(30)10-13-25/h9-14,16,20-22,28,31,34H,6-8,15,17-19H2,1-5H3/t20-,21-,22-,28+/m1/s1. The Kier molecular flexibility index (Phi) is 11.9. The van der Waals surface area contributed by atoms with Gasteiger partial charge in [0.1, 0.15) is 11.6 Å². The van der Waals surface area contributed by atoms with Crippen LogP contribution in [0.15, 0.2) is 47.4 Å². The highest BCUT2D eigenvalue weighted by Gasteiger charge is 2.32. The van der Waals surface area contributed by atoms with Crippen molar-refractivity contribution in [3.05, 3.63) is 53.8 Å². The number of halogens is 1. The summed E-state index contributed by atoms with van der Waals surface area (Å²) in [6.45, 7) is 5.45. The van der Waals surface area contributed by atoms with E-state index in [9.17, 15) is 31.1 Å². The third-order valence-electron chi connectivity index (χ3n) is 7.31. The van der Waals surface area contributed by atoms with Gasteiger partial charge >= 0.3 is 0 Å². The Morgan fingerprint density at radius 1 is 1.12 bits per heavy atom. The molecule has 3 rings (SSSR count). The Labute approximate surface area is 254 Å². The van der Waals surface area contributed by atoms with Crippen LogP contribution in [-0.4, -0.2) is 94.9 Å². The number of likely N-dealkylation sites (N-methyl/N-ethyl adjacent to an activating group) is 1. The number of aliphatic hydroxyl groups is 1. The van der Waals surface area contributed by atoms with Gasteiger partial charge in [-0.2, -0.15) is 4.31 Å². The van der Waals surface area contributed by atoms with Crippen LogP contribution >= 0.6 is 0 Å². The number of benzene rings is 2. The third kappa shape index (κ3) is 9.60. The van der Waals surface area contributed by atoms with Crippen LogP contribution in [0.25, 0.3) is 0 Å². The van der Waals surface area contributed by atoms with Gasteiger partial charge in [-0.15, -0.1) is 0 Å². The summed E-state index contributed by atoms with van der Waals surface area (Å²) in [7, 11) is -6.16. The van der Waals surface area contributed by atoms with Crippen molar-refractivity contribution in [1.82, 2.24) is 9.21 Å². The molecule has 0 saturated carbocycles. The zero-order valence-electron chi connectivity index (χ0n) is 25.2. The minimum Gasteiger partial charge on any atom is -0.490 e. The van der Waals surface area contributed by atoms with Crippen molar-refractivity contribution in [2.75, 3.05) is 44.3 Å². The summed E-state index contributed by atoms with van der Waals surface area (Å²) in [6.07, 6.45) is 2.19. The van der Waals surface area contributed by atoms with Gasteiger partial charge in [0.25, 0.3) is 5.91 Å². The number of fused-ring (bicyclic) bond motifs is 1. The number of carbonyl (C=O) groups is 1. The lowest BCUT2D eigenvalue weighted by molar-refractivity contribution is -0.00833. The van der Waals surface area contributed by atoms with Gasteiger partial charge in [-0.25, -0.2) is 21.2 Å². The van der Waals surface area contributed by atoms with E-state index in [4.69, 9.17) is 9.47 Å². The molecule has 2 N–H and O–H groups in total. The minimum atomic E-state index is -3.96. The molecule has 1 heterocycles. The van der Waals surface area contributed by atoms with Gasteiger partial charge in [-0.3, -0.25) is 9.52 Å². The molecule has 0 spiro atoms. The monoisotopic (exact) mass is 643 g/mol. The molecule has 0 saturated heterocycles. The molecule has 0 unspecified atom stereocenters. The second-order valence-corrected chi connectivity index (χ2v) is 14.9. The zero-order valence-corrected chi connectivity index (χ0v) is 26.8. The van der Waals surface area contributed by atoms with E-state index in [-0.39, 0.29) is 47.7 Å². The number of anilines is 1. The van der Waals surface area contributed by atoms with Gasteiger partial charge in [-0.05, 0) is 75.6 Å². The molecule has 11 nitrogen and oxygen atoms in total. The summed E-state index contributed by atoms with van der Waals surface area (Å²) in [4.78, 5) is 15.5. The van der Waals surface area contributed by atoms with Gasteiger partial charge < -0.3 is 19.5 Å². The Balaban J connectivity index is 1.98. The molecule has 1 aliphatic rings. The molecule has 2 aromatic rings. The molecule has 0 fully saturated rings. The van der Waals surface area contributed by atoms with Crippen molar-refractivity contribution >= 4 is 31.6 Å². The number of ether oxygens (including phenoxy) is 2. The van der Waals surface area contributed by atoms with Gasteiger partial charge in [0, 0.05) is 38.3 Å². The van der Waals surface area contributed by atoms with Crippen LogP contribution in [0.1, 0.15) is 50.4 Å². The molecule has 0 aromatic heterocycles. The fraction of sp³-hybridized carbons (Fsp3) is 0.552. The molecule has 0 bridgehead atoms. The second-order valence-electron chi connectivity index (χ2n) is 11.1. The number of hydrogen-bond donors (Lipinski definition) is 2. The minimum absolute atomic E-state index is 0.0328. The maximum absolute atomic E-state index is 14.1. The number of aliphatic hydroxyl groups excluding tert-OH is 1. The lowest BCUT2D eigenvalue weighted by Crippen LogP contribution is -2.48. The number of amides is 1. The number of nitrogens with one attached hydrogen (secondary N) is 1. The van der Waals surface area contributed by atoms with Crippen LogP contribution < -0.4 is 9.46 Å². The van der Waals surface area contributed by atoms with Crippen molar-refractivity contribution in [2.24, 2.45) is 5.92 Å². The molecule has 0 aliphatic carbocycles. The SMILES string of the molecule is C[C@@H]1CCCCO[C@@H](CN(C)S(=O)(=O)c2ccc(F)cc2)[C@H](C)CN([C@H](C)CO)C(=O)c2cc(NS(C)(=O)=O)ccc2O1. The van der Waals surface area contributed by atoms with Crippen LogP contribution in [0.2, 0.25) is 0 Å². The van der Waals surface area contributed by atoms with Crippen molar-refractivity contribution < 1.29 is 40.6 Å². The number of rotatable bonds is 8. The molecule has 4 atom stereocenters. The Hall–Kier alpha value is -2.78. The first kappa shape index (κ1) is 34.7. The van der Waals surface area contributed by atoms with Gasteiger partial charge in [0.2, 0.25) is 20.0 Å². The maximum atomic E-state index is 14.1. The quantitative estimate of drug-likeness (QED) is 0.446. The first-order chi connectivity index (χ1) is 20.1. The van der Waals surface area contributed by atoms with E-state index in [1.54, 1.807) is 13.0 Å². The van der Waals surface area contributed by atoms with Crippen molar-refractivity contribution in [3.63, 3.8) is 0 Å². The molecule has 43 heavy (non-hydrogen) atoms. The Bertz CT molecular complexity index is 1450. The summed E-state index contributed by atoms with van der Waals surface area (Å²) in [5.41, 5.74) is 0.309. The molecular weight excluding hydrogens is 601 g/mol. The van der Waals surface area contributed by atoms with E-state index in [0.717, 1.165) is 29.1 Å². The lowest BCUT2D eigenvalue weighted by atomic mass is 10.0. The zero-order chi connectivity index (χ0) is 31.9. The fourth-order valence-electron chi connectivity index (χ4n) is 4.80. The lowest BCUT2D eigenvalue weighted by Gasteiger charge is -2.35. The van der Waals surface area contributed by atoms with Gasteiger partial charge in [0.15, 0.2) is 0 Å². The molecule has 14 heteroatoms. The molecular formula is C29H42FN3O8S2. The number of carbonyl (C=O) groups excluding carboxylic acids is 1. The van der Waals surface area contributed by atoms with Crippen LogP contribution in [0.5, 0.6) is 5.75 Å². The first-order valence-electron chi connectivity index (χ1n) is 14.2. The van der Waals surface area contributed by atoms with Crippen LogP contribution in [0.3, 0.4) is 0 Å². The van der Waals surface area contributed by atoms with Crippen molar-refractivity contribution in [1.29, 1.82) is 0 Å². The largest absolute Gasteiger partial charge is 0.490 e. The summed E-state index contributed by atoms with van der Waals surface area (Å²) < 4.78 is 79.6. The summed E-state index contributed by atoms with van der Waals surface area (Å²) in [5.74, 6) is -1.15. The summed E-state index contributed by atoms with van der Waals surface area (Å²) in [6, 6.07) is 8.42. The average Bonchev–Trinajstić information content (AvgIpc) is 2.93. The molecule has 240 valence electrons. The smallest absolute Gasteiger partial charge is 0.258 e. The van der Waals surface area contributed by atoms with E-state index in [1.165, 1.54) is 36.2 Å². The van der Waals surface area contributed by atoms with Gasteiger partial charge in [0.05, 0.1) is 41.6 Å². The van der Waals surface area contributed by atoms with E-state index >= 15 is 0 Å². The number of nitrogens with zero attached hydrogens (tertiary/aromatic N) is 2. The molecule has 1 amide bonds. The maximum Gasteiger partial charge on any atom is 0.258 e. The normalized spacial score (nSPS) is 21.9. The molecule has 1 aliphatic heterocycles. The third-order valence-corrected chi connectivity index (χ3v) is 9.76. The van der Waals surface area contributed by atoms with E-state index < -0.39 is 49.8 Å². The Morgan fingerprint density at radius 3 is 2.42 bits per heavy atom. The number of hydrogen-bond acceptors (Lipinski definition) is 8. The number of sulfonamides is 2. The second kappa shape index (κ2) is 14.8. The van der Waals surface area contributed by atoms with Crippen LogP contribution in [0.4, 0.5) is 10.1 Å². The van der Waals surface area contributed by atoms with E-state index in [1.807, 2.05) is 13.8 Å². The van der Waals surface area contributed by atoms with Gasteiger partial charge in [-0.1, -0.05) is 6.92 Å². The predicted molar refractivity (Wildman–Crippen MR) is 162 cm³/mol. The topological polar surface area (TPSA) is 143 Å².